The number of aliphatic hydroxyl groups is 10. The maximum Gasteiger partial charge on any atom is 0.407 e. The molecule has 0 aliphatic rings. The van der Waals surface area contributed by atoms with Gasteiger partial charge in [-0.05, 0) is 20.8 Å². The van der Waals surface area contributed by atoms with Gasteiger partial charge in [0, 0.05) is 26.2 Å². The van der Waals surface area contributed by atoms with Gasteiger partial charge in [-0.15, -0.1) is 0 Å². The van der Waals surface area contributed by atoms with E-state index in [1.54, 1.807) is 20.8 Å². The topological polar surface area (TPSA) is 244 Å². The molecule has 14 heteroatoms. The van der Waals surface area contributed by atoms with Crippen LogP contribution in [-0.4, -0.2) is 156 Å². The summed E-state index contributed by atoms with van der Waals surface area (Å²) >= 11 is 0. The number of ether oxygens (including phenoxy) is 1. The number of hydrogen-bond acceptors (Lipinski definition) is 13. The van der Waals surface area contributed by atoms with Crippen molar-refractivity contribution < 1.29 is 60.6 Å². The fraction of sp³-hybridized carbons (Fsp3) is 0.947. The van der Waals surface area contributed by atoms with Gasteiger partial charge in [0.2, 0.25) is 0 Å². The normalized spacial score (nSPS) is 19.8. The van der Waals surface area contributed by atoms with Crippen LogP contribution in [0.25, 0.3) is 0 Å². The first-order chi connectivity index (χ1) is 15.1. The summed E-state index contributed by atoms with van der Waals surface area (Å²) in [6.45, 7) is 2.23. The highest BCUT2D eigenvalue weighted by atomic mass is 16.6. The van der Waals surface area contributed by atoms with E-state index in [9.17, 15) is 45.6 Å². The lowest BCUT2D eigenvalue weighted by Gasteiger charge is -2.33. The number of aliphatic hydroxyl groups excluding tert-OH is 10. The van der Waals surface area contributed by atoms with Crippen molar-refractivity contribution in [1.29, 1.82) is 0 Å². The number of rotatable bonds is 15. The third-order valence-corrected chi connectivity index (χ3v) is 4.64. The summed E-state index contributed by atoms with van der Waals surface area (Å²) in [6, 6.07) is 0. The third kappa shape index (κ3) is 12.2. The molecule has 0 saturated carbocycles. The Morgan fingerprint density at radius 2 is 1.12 bits per heavy atom. The SMILES string of the molecule is CC(C)(C)OC(=O)NCCN(C[C@@H](O)[C@@H](O)[C@H](O)[C@H](O)CO)C[C@H](O)[C@@H](O)[C@H](O)[C@H](O)CO. The molecule has 0 aliphatic heterocycles. The highest BCUT2D eigenvalue weighted by molar-refractivity contribution is 5.67. The predicted molar refractivity (Wildman–Crippen MR) is 113 cm³/mol. The van der Waals surface area contributed by atoms with Crippen molar-refractivity contribution in [3.8, 4) is 0 Å². The molecule has 0 spiro atoms. The molecule has 0 heterocycles. The minimum Gasteiger partial charge on any atom is -0.444 e. The Morgan fingerprint density at radius 3 is 1.45 bits per heavy atom. The second kappa shape index (κ2) is 15.0. The van der Waals surface area contributed by atoms with Crippen LogP contribution < -0.4 is 5.32 Å². The molecule has 1 amide bonds. The largest absolute Gasteiger partial charge is 0.444 e. The molecular weight excluding hydrogens is 448 g/mol. The van der Waals surface area contributed by atoms with E-state index in [-0.39, 0.29) is 13.1 Å². The van der Waals surface area contributed by atoms with E-state index < -0.39 is 86.8 Å². The Balaban J connectivity index is 5.20. The van der Waals surface area contributed by atoms with E-state index in [0.29, 0.717) is 0 Å². The maximum atomic E-state index is 11.8. The average Bonchev–Trinajstić information content (AvgIpc) is 2.74. The van der Waals surface area contributed by atoms with Crippen molar-refractivity contribution in [2.24, 2.45) is 0 Å². The lowest BCUT2D eigenvalue weighted by Crippen LogP contribution is -2.54. The van der Waals surface area contributed by atoms with Gasteiger partial charge < -0.3 is 61.1 Å². The monoisotopic (exact) mass is 488 g/mol. The molecule has 11 N–H and O–H groups in total. The number of amides is 1. The van der Waals surface area contributed by atoms with E-state index in [4.69, 9.17) is 14.9 Å². The van der Waals surface area contributed by atoms with Crippen molar-refractivity contribution in [1.82, 2.24) is 10.2 Å². The Bertz CT molecular complexity index is 519. The molecule has 0 saturated heterocycles. The molecule has 0 aliphatic carbocycles. The van der Waals surface area contributed by atoms with E-state index in [1.165, 1.54) is 4.90 Å². The zero-order valence-electron chi connectivity index (χ0n) is 19.1. The molecular formula is C19H40N2O12. The number of nitrogens with one attached hydrogen (secondary N) is 1. The van der Waals surface area contributed by atoms with Crippen LogP contribution in [0.5, 0.6) is 0 Å². The summed E-state index contributed by atoms with van der Waals surface area (Å²) < 4.78 is 5.08. The number of alkyl carbamates (subject to hydrolysis) is 1. The van der Waals surface area contributed by atoms with E-state index >= 15 is 0 Å². The first kappa shape index (κ1) is 31.8. The second-order valence-corrected chi connectivity index (χ2v) is 8.79. The van der Waals surface area contributed by atoms with Gasteiger partial charge in [-0.3, -0.25) is 4.90 Å². The summed E-state index contributed by atoms with van der Waals surface area (Å²) in [7, 11) is 0. The number of carbonyl (C=O) groups excluding carboxylic acids is 1. The van der Waals surface area contributed by atoms with Gasteiger partial charge in [-0.25, -0.2) is 4.79 Å². The van der Waals surface area contributed by atoms with Gasteiger partial charge in [-0.1, -0.05) is 0 Å². The van der Waals surface area contributed by atoms with Crippen LogP contribution in [0, 0.1) is 0 Å². The van der Waals surface area contributed by atoms with Crippen LogP contribution in [0.1, 0.15) is 20.8 Å². The van der Waals surface area contributed by atoms with Crippen molar-refractivity contribution in [3.63, 3.8) is 0 Å². The fourth-order valence-electron chi connectivity index (χ4n) is 2.76. The lowest BCUT2D eigenvalue weighted by atomic mass is 10.0. The number of nitrogens with zero attached hydrogens (tertiary/aromatic N) is 1. The Labute approximate surface area is 192 Å². The van der Waals surface area contributed by atoms with E-state index in [2.05, 4.69) is 5.32 Å². The molecule has 0 bridgehead atoms. The molecule has 0 unspecified atom stereocenters. The summed E-state index contributed by atoms with van der Waals surface area (Å²) in [6.07, 6.45) is -15.1. The molecule has 33 heavy (non-hydrogen) atoms. The van der Waals surface area contributed by atoms with Crippen LogP contribution in [0.3, 0.4) is 0 Å². The molecule has 14 nitrogen and oxygen atoms in total. The van der Waals surface area contributed by atoms with E-state index in [0.717, 1.165) is 0 Å². The first-order valence-electron chi connectivity index (χ1n) is 10.5. The van der Waals surface area contributed by atoms with Gasteiger partial charge >= 0.3 is 6.09 Å². The van der Waals surface area contributed by atoms with Crippen molar-refractivity contribution in [2.45, 2.75) is 75.2 Å². The Morgan fingerprint density at radius 1 is 0.758 bits per heavy atom. The van der Waals surface area contributed by atoms with Crippen LogP contribution in [0.2, 0.25) is 0 Å². The quantitative estimate of drug-likeness (QED) is 0.103. The van der Waals surface area contributed by atoms with Gasteiger partial charge in [0.25, 0.3) is 0 Å². The molecule has 0 aromatic rings. The van der Waals surface area contributed by atoms with Crippen LogP contribution >= 0.6 is 0 Å². The Kier molecular flexibility index (Phi) is 14.4. The molecule has 0 fully saturated rings. The van der Waals surface area contributed by atoms with Crippen LogP contribution in [0.4, 0.5) is 4.79 Å². The fourth-order valence-corrected chi connectivity index (χ4v) is 2.76. The van der Waals surface area contributed by atoms with E-state index in [1.807, 2.05) is 0 Å². The van der Waals surface area contributed by atoms with Gasteiger partial charge in [-0.2, -0.15) is 0 Å². The minimum absolute atomic E-state index is 0.0653. The lowest BCUT2D eigenvalue weighted by molar-refractivity contribution is -0.130. The summed E-state index contributed by atoms with van der Waals surface area (Å²) in [5.41, 5.74) is -0.752. The second-order valence-electron chi connectivity index (χ2n) is 8.79. The highest BCUT2D eigenvalue weighted by Crippen LogP contribution is 2.11. The summed E-state index contributed by atoms with van der Waals surface area (Å²) in [4.78, 5) is 13.1. The summed E-state index contributed by atoms with van der Waals surface area (Å²) in [5.74, 6) is 0. The molecule has 0 rings (SSSR count). The van der Waals surface area contributed by atoms with Crippen LogP contribution in [0.15, 0.2) is 0 Å². The minimum atomic E-state index is -1.89. The van der Waals surface area contributed by atoms with Crippen molar-refractivity contribution in [3.05, 3.63) is 0 Å². The predicted octanol–water partition coefficient (Wildman–Crippen LogP) is -5.32. The molecule has 8 atom stereocenters. The smallest absolute Gasteiger partial charge is 0.407 e. The average molecular weight is 489 g/mol. The maximum absolute atomic E-state index is 11.8. The third-order valence-electron chi connectivity index (χ3n) is 4.64. The Hall–Kier alpha value is -1.17. The van der Waals surface area contributed by atoms with Crippen molar-refractivity contribution in [2.75, 3.05) is 39.4 Å². The number of hydrogen-bond donors (Lipinski definition) is 11. The standard InChI is InChI=1S/C19H40N2O12/c1-19(2,3)33-18(32)20-4-5-21(6-10(24)14(28)16(30)12(26)8-22)7-11(25)15(29)17(31)13(27)9-23/h10-17,22-31H,4-9H2,1-3H3,(H,20,32)/t10-,11+,12-,13-,14-,15-,16-,17-/m1/s1. The van der Waals surface area contributed by atoms with Crippen LogP contribution in [-0.2, 0) is 4.74 Å². The highest BCUT2D eigenvalue weighted by Gasteiger charge is 2.34. The summed E-state index contributed by atoms with van der Waals surface area (Å²) in [5, 5.41) is 99.1. The first-order valence-corrected chi connectivity index (χ1v) is 10.5. The van der Waals surface area contributed by atoms with Crippen molar-refractivity contribution >= 4 is 6.09 Å². The zero-order valence-corrected chi connectivity index (χ0v) is 19.1. The molecule has 0 aromatic heterocycles. The molecule has 0 radical (unpaired) electrons. The van der Waals surface area contributed by atoms with Gasteiger partial charge in [0.1, 0.15) is 42.2 Å². The van der Waals surface area contributed by atoms with Gasteiger partial charge in [0.05, 0.1) is 25.4 Å². The number of carbonyl (C=O) groups is 1. The zero-order chi connectivity index (χ0) is 25.9. The molecule has 198 valence electrons. The van der Waals surface area contributed by atoms with Gasteiger partial charge in [0.15, 0.2) is 0 Å². The molecule has 0 aromatic carbocycles.